The maximum absolute atomic E-state index is 3.82. The van der Waals surface area contributed by atoms with Crippen LogP contribution in [0.3, 0.4) is 0 Å². The fourth-order valence-corrected chi connectivity index (χ4v) is 0.742. The minimum atomic E-state index is 0. The Kier molecular flexibility index (Phi) is 7.13. The minimum Gasteiger partial charge on any atom is -0.439 e. The first kappa shape index (κ1) is 12.4. The summed E-state index contributed by atoms with van der Waals surface area (Å²) in [5.41, 5.74) is 1.78. The molecule has 0 saturated carbocycles. The van der Waals surface area contributed by atoms with Gasteiger partial charge in [0.05, 0.1) is 0 Å². The number of benzene rings is 1. The average molecular weight is 234 g/mol. The van der Waals surface area contributed by atoms with Crippen molar-refractivity contribution in [2.24, 2.45) is 10.2 Å². The largest absolute Gasteiger partial charge is 1.00 e. The van der Waals surface area contributed by atoms with Crippen LogP contribution >= 0.6 is 0 Å². The summed E-state index contributed by atoms with van der Waals surface area (Å²) in [6.45, 7) is 0. The Labute approximate surface area is 121 Å². The number of azo groups is 1. The van der Waals surface area contributed by atoms with Gasteiger partial charge in [-0.2, -0.15) is 22.4 Å². The number of hydrogen-bond acceptors (Lipinski definition) is 3. The molecule has 1 aromatic rings. The van der Waals surface area contributed by atoms with Gasteiger partial charge >= 0.3 is 58.2 Å². The predicted octanol–water partition coefficient (Wildman–Crippen LogP) is -0.754. The van der Waals surface area contributed by atoms with Gasteiger partial charge < -0.3 is 5.32 Å². The molecule has 0 heterocycles. The Bertz CT molecular complexity index is 243. The second-order valence-electron chi connectivity index (χ2n) is 2.01. The van der Waals surface area contributed by atoms with E-state index in [1.165, 1.54) is 0 Å². The fraction of sp³-hybridized carbons (Fsp3) is 0.250. The molecule has 0 spiro atoms. The van der Waals surface area contributed by atoms with E-state index in [1.807, 2.05) is 25.2 Å². The molecule has 58 valence electrons. The molecule has 0 unspecified atom stereocenters. The number of nitrogens with zero attached hydrogens (tertiary/aromatic N) is 2. The average Bonchev–Trinajstić information content (AvgIpc) is 2.07. The van der Waals surface area contributed by atoms with Crippen molar-refractivity contribution >= 4 is 11.4 Å². The molecular formula is C8H10N3Rb. The van der Waals surface area contributed by atoms with E-state index >= 15 is 0 Å². The molecule has 1 N–H and O–H groups in total. The van der Waals surface area contributed by atoms with Crippen molar-refractivity contribution in [1.82, 2.24) is 0 Å². The van der Waals surface area contributed by atoms with E-state index in [2.05, 4.69) is 21.6 Å². The first-order valence-electron chi connectivity index (χ1n) is 3.36. The first-order valence-corrected chi connectivity index (χ1v) is 3.36. The van der Waals surface area contributed by atoms with Gasteiger partial charge in [0.15, 0.2) is 0 Å². The summed E-state index contributed by atoms with van der Waals surface area (Å²) in [7, 11) is 3.50. The molecule has 0 radical (unpaired) electrons. The molecular weight excluding hydrogens is 224 g/mol. The van der Waals surface area contributed by atoms with Crippen molar-refractivity contribution in [2.75, 3.05) is 19.4 Å². The summed E-state index contributed by atoms with van der Waals surface area (Å²) in [5, 5.41) is 10.5. The van der Waals surface area contributed by atoms with Crippen molar-refractivity contribution in [1.29, 1.82) is 0 Å². The molecule has 12 heavy (non-hydrogen) atoms. The van der Waals surface area contributed by atoms with Gasteiger partial charge in [0.2, 0.25) is 0 Å². The molecule has 4 heteroatoms. The van der Waals surface area contributed by atoms with E-state index < -0.39 is 0 Å². The number of hydrogen-bond donors (Lipinski definition) is 1. The molecule has 0 fully saturated rings. The minimum absolute atomic E-state index is 0. The quantitative estimate of drug-likeness (QED) is 0.530. The molecule has 0 aliphatic carbocycles. The Balaban J connectivity index is 0.00000121. The molecule has 0 aliphatic heterocycles. The van der Waals surface area contributed by atoms with Gasteiger partial charge in [-0.25, -0.2) is 0 Å². The molecule has 3 nitrogen and oxygen atoms in total. The Morgan fingerprint density at radius 1 is 1.42 bits per heavy atom. The predicted molar refractivity (Wildman–Crippen MR) is 45.3 cm³/mol. The van der Waals surface area contributed by atoms with Crippen LogP contribution in [0.1, 0.15) is 0 Å². The van der Waals surface area contributed by atoms with Crippen molar-refractivity contribution in [3.8, 4) is 0 Å². The third-order valence-corrected chi connectivity index (χ3v) is 1.29. The van der Waals surface area contributed by atoms with Crippen LogP contribution < -0.4 is 63.5 Å². The Morgan fingerprint density at radius 3 is 2.58 bits per heavy atom. The summed E-state index contributed by atoms with van der Waals surface area (Å²) in [6.07, 6.45) is 0. The van der Waals surface area contributed by atoms with Crippen LogP contribution in [-0.4, -0.2) is 14.1 Å². The molecule has 1 rings (SSSR count). The summed E-state index contributed by atoms with van der Waals surface area (Å²) < 4.78 is 0. The topological polar surface area (TPSA) is 36.8 Å². The van der Waals surface area contributed by atoms with E-state index in [9.17, 15) is 0 Å². The standard InChI is InChI=1S/C8H10N3.Rb/c1-9-7-3-5-8(6-4-7)11-10-2;/h3-5,9H,1-2H3;/q-1;+1. The van der Waals surface area contributed by atoms with Gasteiger partial charge in [-0.15, -0.1) is 12.1 Å². The number of rotatable bonds is 2. The van der Waals surface area contributed by atoms with Gasteiger partial charge in [0.1, 0.15) is 0 Å². The number of nitrogens with one attached hydrogen (secondary N) is 1. The van der Waals surface area contributed by atoms with Crippen LogP contribution in [0.15, 0.2) is 28.4 Å². The van der Waals surface area contributed by atoms with E-state index in [0.717, 1.165) is 11.4 Å². The third kappa shape index (κ3) is 3.89. The third-order valence-electron chi connectivity index (χ3n) is 1.29. The monoisotopic (exact) mass is 233 g/mol. The van der Waals surface area contributed by atoms with Gasteiger partial charge in [-0.3, -0.25) is 0 Å². The molecule has 0 aromatic heterocycles. The van der Waals surface area contributed by atoms with Crippen LogP contribution in [-0.2, 0) is 0 Å². The van der Waals surface area contributed by atoms with E-state index in [0.29, 0.717) is 0 Å². The summed E-state index contributed by atoms with van der Waals surface area (Å²) in [6, 6.07) is 8.59. The Morgan fingerprint density at radius 2 is 2.17 bits per heavy atom. The van der Waals surface area contributed by atoms with Crippen LogP contribution in [0.2, 0.25) is 0 Å². The smallest absolute Gasteiger partial charge is 0.439 e. The van der Waals surface area contributed by atoms with Gasteiger partial charge in [0, 0.05) is 7.05 Å². The molecule has 0 atom stereocenters. The first-order chi connectivity index (χ1) is 5.36. The summed E-state index contributed by atoms with van der Waals surface area (Å²) >= 11 is 0. The van der Waals surface area contributed by atoms with Crippen molar-refractivity contribution in [2.45, 2.75) is 0 Å². The van der Waals surface area contributed by atoms with Gasteiger partial charge in [-0.1, -0.05) is 5.69 Å². The van der Waals surface area contributed by atoms with Crippen LogP contribution in [0.25, 0.3) is 0 Å². The molecule has 0 amide bonds. The van der Waals surface area contributed by atoms with Crippen molar-refractivity contribution < 1.29 is 58.2 Å². The number of anilines is 1. The fourth-order valence-electron chi connectivity index (χ4n) is 0.742. The van der Waals surface area contributed by atoms with E-state index in [1.54, 1.807) is 7.05 Å². The molecule has 0 aliphatic rings. The van der Waals surface area contributed by atoms with Gasteiger partial charge in [-0.05, 0) is 12.7 Å². The van der Waals surface area contributed by atoms with Crippen molar-refractivity contribution in [3.05, 3.63) is 24.3 Å². The zero-order chi connectivity index (χ0) is 8.10. The molecule has 0 bridgehead atoms. The second kappa shape index (κ2) is 6.89. The normalized spacial score (nSPS) is 9.50. The maximum atomic E-state index is 3.82. The SMILES string of the molecule is CN=Nc1[c-]cc(NC)cc1.[Rb+]. The van der Waals surface area contributed by atoms with Crippen LogP contribution in [0, 0.1) is 6.07 Å². The summed E-state index contributed by atoms with van der Waals surface area (Å²) in [5.74, 6) is 0. The molecule has 1 aromatic carbocycles. The summed E-state index contributed by atoms with van der Waals surface area (Å²) in [4.78, 5) is 0. The van der Waals surface area contributed by atoms with Gasteiger partial charge in [0.25, 0.3) is 0 Å². The zero-order valence-corrected chi connectivity index (χ0v) is 12.5. The van der Waals surface area contributed by atoms with Crippen molar-refractivity contribution in [3.63, 3.8) is 0 Å². The van der Waals surface area contributed by atoms with Crippen LogP contribution in [0.4, 0.5) is 11.4 Å². The van der Waals surface area contributed by atoms with Crippen LogP contribution in [0.5, 0.6) is 0 Å². The molecule has 0 saturated heterocycles. The zero-order valence-electron chi connectivity index (χ0n) is 7.63. The van der Waals surface area contributed by atoms with E-state index in [4.69, 9.17) is 0 Å². The maximum Gasteiger partial charge on any atom is 1.00 e. The Hall–Kier alpha value is 0.425. The second-order valence-corrected chi connectivity index (χ2v) is 2.01. The van der Waals surface area contributed by atoms with E-state index in [-0.39, 0.29) is 58.2 Å².